The molecule has 1 N–H and O–H groups in total. The molecule has 2 aromatic rings. The smallest absolute Gasteiger partial charge is 0.317 e. The second-order valence-electron chi connectivity index (χ2n) is 8.48. The Balaban J connectivity index is 1.37. The number of hydrogen-bond donors (Lipinski definition) is 1. The molecule has 1 aliphatic carbocycles. The zero-order valence-electron chi connectivity index (χ0n) is 16.7. The molecule has 0 bridgehead atoms. The maximum Gasteiger partial charge on any atom is 0.317 e. The third-order valence-electron chi connectivity index (χ3n) is 6.56. The Morgan fingerprint density at radius 2 is 2.07 bits per heavy atom. The minimum atomic E-state index is 0.0662. The zero-order chi connectivity index (χ0) is 19.0. The predicted octanol–water partition coefficient (Wildman–Crippen LogP) is 3.89. The number of aromatic nitrogens is 2. The summed E-state index contributed by atoms with van der Waals surface area (Å²) < 4.78 is 2.01. The largest absolute Gasteiger partial charge is 0.337 e. The second-order valence-corrected chi connectivity index (χ2v) is 8.48. The minimum absolute atomic E-state index is 0.0662. The highest BCUT2D eigenvalue weighted by Gasteiger charge is 2.39. The Bertz CT molecular complexity index is 837. The van der Waals surface area contributed by atoms with E-state index in [0.717, 1.165) is 38.9 Å². The van der Waals surface area contributed by atoms with E-state index in [2.05, 4.69) is 48.7 Å². The summed E-state index contributed by atoms with van der Waals surface area (Å²) in [4.78, 5) is 14.7. The van der Waals surface area contributed by atoms with Gasteiger partial charge in [0.05, 0.1) is 12.2 Å². The summed E-state index contributed by atoms with van der Waals surface area (Å²) in [6.45, 7) is 8.64. The van der Waals surface area contributed by atoms with Crippen LogP contribution in [0.1, 0.15) is 54.0 Å². The number of likely N-dealkylation sites (tertiary alicyclic amines) is 1. The van der Waals surface area contributed by atoms with Crippen LogP contribution in [0.3, 0.4) is 0 Å². The van der Waals surface area contributed by atoms with Gasteiger partial charge in [0.15, 0.2) is 0 Å². The van der Waals surface area contributed by atoms with Crippen molar-refractivity contribution in [1.29, 1.82) is 0 Å². The van der Waals surface area contributed by atoms with Gasteiger partial charge < -0.3 is 10.2 Å². The first-order valence-corrected chi connectivity index (χ1v) is 10.1. The summed E-state index contributed by atoms with van der Waals surface area (Å²) >= 11 is 0. The molecule has 2 amide bonds. The van der Waals surface area contributed by atoms with E-state index >= 15 is 0 Å². The summed E-state index contributed by atoms with van der Waals surface area (Å²) in [5, 5.41) is 7.65. The van der Waals surface area contributed by atoms with Crippen molar-refractivity contribution in [2.24, 2.45) is 0 Å². The normalized spacial score (nSPS) is 21.1. The Hall–Kier alpha value is -2.30. The van der Waals surface area contributed by atoms with Crippen LogP contribution < -0.4 is 5.32 Å². The van der Waals surface area contributed by atoms with Crippen LogP contribution in [0.25, 0.3) is 0 Å². The molecule has 4 rings (SSSR count). The number of carbonyl (C=O) groups excluding carboxylic acids is 1. The molecule has 1 saturated carbocycles. The van der Waals surface area contributed by atoms with Gasteiger partial charge in [0.2, 0.25) is 0 Å². The van der Waals surface area contributed by atoms with Crippen LogP contribution in [0.4, 0.5) is 4.79 Å². The Morgan fingerprint density at radius 3 is 2.70 bits per heavy atom. The van der Waals surface area contributed by atoms with Gasteiger partial charge in [0.25, 0.3) is 0 Å². The monoisotopic (exact) mass is 366 g/mol. The van der Waals surface area contributed by atoms with Crippen molar-refractivity contribution in [3.63, 3.8) is 0 Å². The van der Waals surface area contributed by atoms with Crippen molar-refractivity contribution < 1.29 is 4.79 Å². The lowest BCUT2D eigenvalue weighted by atomic mass is 9.64. The van der Waals surface area contributed by atoms with Gasteiger partial charge in [-0.15, -0.1) is 0 Å². The quantitative estimate of drug-likeness (QED) is 0.892. The maximum atomic E-state index is 12.8. The highest BCUT2D eigenvalue weighted by atomic mass is 16.2. The van der Waals surface area contributed by atoms with Crippen LogP contribution in [-0.4, -0.2) is 40.3 Å². The van der Waals surface area contributed by atoms with Crippen molar-refractivity contribution in [1.82, 2.24) is 20.0 Å². The first kappa shape index (κ1) is 18.1. The van der Waals surface area contributed by atoms with E-state index in [1.807, 2.05) is 22.7 Å². The fourth-order valence-corrected chi connectivity index (χ4v) is 4.37. The molecule has 0 radical (unpaired) electrons. The van der Waals surface area contributed by atoms with Gasteiger partial charge in [-0.05, 0) is 62.3 Å². The standard InChI is InChI=1S/C22H30N4O/c1-16-12-24-26(13-16)20-7-10-25(14-20)21(27)23-15-22(8-4-9-22)19-6-5-17(2)18(3)11-19/h5-6,11-13,20H,4,7-10,14-15H2,1-3H3,(H,23,27). The molecule has 1 aliphatic heterocycles. The molecule has 27 heavy (non-hydrogen) atoms. The lowest BCUT2D eigenvalue weighted by Crippen LogP contribution is -2.49. The maximum absolute atomic E-state index is 12.8. The van der Waals surface area contributed by atoms with Gasteiger partial charge in [-0.25, -0.2) is 4.79 Å². The highest BCUT2D eigenvalue weighted by Crippen LogP contribution is 2.43. The molecule has 1 unspecified atom stereocenters. The Kier molecular flexibility index (Phi) is 4.70. The van der Waals surface area contributed by atoms with Gasteiger partial charge >= 0.3 is 6.03 Å². The van der Waals surface area contributed by atoms with Crippen LogP contribution in [0, 0.1) is 20.8 Å². The fraction of sp³-hybridized carbons (Fsp3) is 0.545. The molecule has 5 nitrogen and oxygen atoms in total. The molecule has 1 aromatic carbocycles. The van der Waals surface area contributed by atoms with Crippen molar-refractivity contribution in [3.8, 4) is 0 Å². The first-order valence-electron chi connectivity index (χ1n) is 10.1. The van der Waals surface area contributed by atoms with E-state index < -0.39 is 0 Å². The van der Waals surface area contributed by atoms with Crippen molar-refractivity contribution in [2.75, 3.05) is 19.6 Å². The second kappa shape index (κ2) is 7.02. The minimum Gasteiger partial charge on any atom is -0.337 e. The lowest BCUT2D eigenvalue weighted by Gasteiger charge is -2.43. The van der Waals surface area contributed by atoms with Gasteiger partial charge in [0.1, 0.15) is 0 Å². The molecule has 0 spiro atoms. The van der Waals surface area contributed by atoms with Crippen LogP contribution >= 0.6 is 0 Å². The first-order chi connectivity index (χ1) is 13.0. The molecule has 2 fully saturated rings. The van der Waals surface area contributed by atoms with Gasteiger partial charge in [-0.3, -0.25) is 4.68 Å². The fourth-order valence-electron chi connectivity index (χ4n) is 4.37. The van der Waals surface area contributed by atoms with E-state index in [4.69, 9.17) is 0 Å². The van der Waals surface area contributed by atoms with E-state index in [1.54, 1.807) is 0 Å². The van der Waals surface area contributed by atoms with Gasteiger partial charge in [-0.2, -0.15) is 5.10 Å². The van der Waals surface area contributed by atoms with E-state index in [1.165, 1.54) is 28.7 Å². The van der Waals surface area contributed by atoms with Gasteiger partial charge in [0, 0.05) is 31.2 Å². The average molecular weight is 367 g/mol. The molecule has 5 heteroatoms. The Labute approximate surface area is 161 Å². The summed E-state index contributed by atoms with van der Waals surface area (Å²) in [7, 11) is 0. The number of aryl methyl sites for hydroxylation is 3. The zero-order valence-corrected chi connectivity index (χ0v) is 16.7. The van der Waals surface area contributed by atoms with Gasteiger partial charge in [-0.1, -0.05) is 24.6 Å². The SMILES string of the molecule is Cc1cnn(C2CCN(C(=O)NCC3(c4ccc(C)c(C)c4)CCC3)C2)c1. The lowest BCUT2D eigenvalue weighted by molar-refractivity contribution is 0.190. The van der Waals surface area contributed by atoms with Crippen LogP contribution in [0.2, 0.25) is 0 Å². The molecule has 1 atom stereocenters. The molecule has 1 aromatic heterocycles. The van der Waals surface area contributed by atoms with E-state index in [9.17, 15) is 4.79 Å². The average Bonchev–Trinajstić information content (AvgIpc) is 3.25. The molecule has 144 valence electrons. The summed E-state index contributed by atoms with van der Waals surface area (Å²) in [5.41, 5.74) is 5.32. The van der Waals surface area contributed by atoms with E-state index in [0.29, 0.717) is 6.04 Å². The number of amides is 2. The van der Waals surface area contributed by atoms with Crippen molar-refractivity contribution in [2.45, 2.75) is 57.9 Å². The number of nitrogens with zero attached hydrogens (tertiary/aromatic N) is 3. The van der Waals surface area contributed by atoms with Crippen LogP contribution in [0.15, 0.2) is 30.6 Å². The molecular weight excluding hydrogens is 336 g/mol. The van der Waals surface area contributed by atoms with Crippen LogP contribution in [-0.2, 0) is 5.41 Å². The number of rotatable bonds is 4. The molecule has 2 aliphatic rings. The Morgan fingerprint density at radius 1 is 1.26 bits per heavy atom. The summed E-state index contributed by atoms with van der Waals surface area (Å²) in [6.07, 6.45) is 8.47. The van der Waals surface area contributed by atoms with Crippen molar-refractivity contribution in [3.05, 3.63) is 52.8 Å². The summed E-state index contributed by atoms with van der Waals surface area (Å²) in [5.74, 6) is 0. The van der Waals surface area contributed by atoms with E-state index in [-0.39, 0.29) is 11.4 Å². The number of hydrogen-bond acceptors (Lipinski definition) is 2. The molecule has 2 heterocycles. The van der Waals surface area contributed by atoms with Crippen molar-refractivity contribution >= 4 is 6.03 Å². The highest BCUT2D eigenvalue weighted by molar-refractivity contribution is 5.74. The number of urea groups is 1. The number of benzene rings is 1. The number of nitrogens with one attached hydrogen (secondary N) is 1. The third kappa shape index (κ3) is 3.47. The predicted molar refractivity (Wildman–Crippen MR) is 107 cm³/mol. The topological polar surface area (TPSA) is 50.2 Å². The summed E-state index contributed by atoms with van der Waals surface area (Å²) in [6, 6.07) is 7.13. The van der Waals surface area contributed by atoms with Crippen LogP contribution in [0.5, 0.6) is 0 Å². The number of carbonyl (C=O) groups is 1. The third-order valence-corrected chi connectivity index (χ3v) is 6.56. The molecule has 1 saturated heterocycles. The molecular formula is C22H30N4O.